The summed E-state index contributed by atoms with van der Waals surface area (Å²) in [5.41, 5.74) is 22.8. The first kappa shape index (κ1) is 54.3. The second-order valence-corrected chi connectivity index (χ2v) is 25.9. The van der Waals surface area contributed by atoms with Gasteiger partial charge in [-0.3, -0.25) is 0 Å². The fourth-order valence-corrected chi connectivity index (χ4v) is 13.8. The first-order valence-electron chi connectivity index (χ1n) is 31.1. The van der Waals surface area contributed by atoms with Crippen LogP contribution in [-0.2, 0) is 10.8 Å². The predicted octanol–water partition coefficient (Wildman–Crippen LogP) is 25.1. The monoisotopic (exact) mass is 1120 g/mol. The Bertz CT molecular complexity index is 4540. The highest BCUT2D eigenvalue weighted by Crippen LogP contribution is 2.53. The van der Waals surface area contributed by atoms with Gasteiger partial charge in [0.25, 0.3) is 0 Å². The molecule has 16 aromatic rings. The molecule has 0 aliphatic rings. The Labute approximate surface area is 517 Å². The van der Waals surface area contributed by atoms with Crippen LogP contribution in [0.3, 0.4) is 0 Å². The number of hydrogen-bond acceptors (Lipinski definition) is 0. The largest absolute Gasteiger partial charge is 0.0622 e. The zero-order valence-corrected chi connectivity index (χ0v) is 50.9. The fraction of sp³-hybridized carbons (Fsp3) is 0.0909. The van der Waals surface area contributed by atoms with Crippen LogP contribution in [0.15, 0.2) is 303 Å². The average molecular weight is 1130 g/mol. The van der Waals surface area contributed by atoms with E-state index >= 15 is 0 Å². The number of rotatable bonds is 8. The van der Waals surface area contributed by atoms with Crippen molar-refractivity contribution in [1.82, 2.24) is 0 Å². The summed E-state index contributed by atoms with van der Waals surface area (Å²) in [6.45, 7) is 13.9. The lowest BCUT2D eigenvalue weighted by Crippen LogP contribution is -2.11. The summed E-state index contributed by atoms with van der Waals surface area (Å²) in [5, 5.41) is 15.8. The molecule has 0 aromatic heterocycles. The minimum Gasteiger partial charge on any atom is -0.0622 e. The van der Waals surface area contributed by atoms with Crippen molar-refractivity contribution in [2.45, 2.75) is 52.4 Å². The van der Waals surface area contributed by atoms with Crippen LogP contribution < -0.4 is 0 Å². The van der Waals surface area contributed by atoms with Crippen molar-refractivity contribution in [1.29, 1.82) is 0 Å². The van der Waals surface area contributed by atoms with Crippen molar-refractivity contribution in [3.05, 3.63) is 314 Å². The summed E-state index contributed by atoms with van der Waals surface area (Å²) in [7, 11) is 0. The van der Waals surface area contributed by atoms with Crippen molar-refractivity contribution in [3.8, 4) is 89.0 Å². The van der Waals surface area contributed by atoms with Gasteiger partial charge in [0.1, 0.15) is 0 Å². The quantitative estimate of drug-likeness (QED) is 0.133. The third kappa shape index (κ3) is 9.58. The van der Waals surface area contributed by atoms with Crippen molar-refractivity contribution >= 4 is 64.6 Å². The summed E-state index contributed by atoms with van der Waals surface area (Å²) in [5.74, 6) is 0. The van der Waals surface area contributed by atoms with E-state index in [4.69, 9.17) is 0 Å². The number of benzene rings is 16. The maximum absolute atomic E-state index is 2.47. The Kier molecular flexibility index (Phi) is 13.5. The molecule has 0 nitrogen and oxygen atoms in total. The van der Waals surface area contributed by atoms with Gasteiger partial charge in [-0.15, -0.1) is 0 Å². The van der Waals surface area contributed by atoms with Gasteiger partial charge in [0.05, 0.1) is 0 Å². The molecule has 0 unspecified atom stereocenters. The minimum absolute atomic E-state index is 0.00321. The maximum atomic E-state index is 2.47. The Morgan fingerprint density at radius 3 is 0.443 bits per heavy atom. The zero-order chi connectivity index (χ0) is 59.7. The molecule has 0 atom stereocenters. The standard InChI is InChI=1S/2C44H34/c2*1-44(2,3)33-24-38-36(31-20-12-6-13-21-31)27-40-34(29-16-8-4-9-17-29)26-35(30-18-10-5-11-19-30)41-28-37(32-22-14-7-15-23-32)39(25-33)42(38)43(40)41/h2*4-28H,1-3H3. The lowest BCUT2D eigenvalue weighted by molar-refractivity contribution is 0.591. The van der Waals surface area contributed by atoms with E-state index in [1.807, 2.05) is 0 Å². The summed E-state index contributed by atoms with van der Waals surface area (Å²) in [4.78, 5) is 0. The van der Waals surface area contributed by atoms with Crippen LogP contribution in [0.4, 0.5) is 0 Å². The second-order valence-electron chi connectivity index (χ2n) is 25.9. The first-order chi connectivity index (χ1) is 42.9. The van der Waals surface area contributed by atoms with Gasteiger partial charge in [0.15, 0.2) is 0 Å². The normalized spacial score (nSPS) is 12.0. The van der Waals surface area contributed by atoms with Gasteiger partial charge in [-0.1, -0.05) is 284 Å². The van der Waals surface area contributed by atoms with Crippen molar-refractivity contribution in [2.75, 3.05) is 0 Å². The molecule has 420 valence electrons. The van der Waals surface area contributed by atoms with Gasteiger partial charge in [-0.25, -0.2) is 0 Å². The van der Waals surface area contributed by atoms with Crippen LogP contribution in [0, 0.1) is 0 Å². The van der Waals surface area contributed by atoms with E-state index in [0.717, 1.165) is 0 Å². The maximum Gasteiger partial charge on any atom is -0.00134 e. The molecular formula is C88H68. The van der Waals surface area contributed by atoms with Crippen LogP contribution >= 0.6 is 0 Å². The van der Waals surface area contributed by atoms with Gasteiger partial charge in [-0.05, 0) is 236 Å². The van der Waals surface area contributed by atoms with Crippen LogP contribution in [0.25, 0.3) is 154 Å². The molecule has 0 bridgehead atoms. The molecule has 0 aliphatic carbocycles. The molecule has 0 saturated heterocycles. The van der Waals surface area contributed by atoms with Gasteiger partial charge < -0.3 is 0 Å². The van der Waals surface area contributed by atoms with Crippen molar-refractivity contribution < 1.29 is 0 Å². The topological polar surface area (TPSA) is 0 Å². The Hall–Kier alpha value is -10.4. The van der Waals surface area contributed by atoms with Crippen LogP contribution in [0.1, 0.15) is 52.7 Å². The Morgan fingerprint density at radius 2 is 0.295 bits per heavy atom. The van der Waals surface area contributed by atoms with Gasteiger partial charge in [0, 0.05) is 0 Å². The highest BCUT2D eigenvalue weighted by Gasteiger charge is 2.27. The second kappa shape index (κ2) is 21.8. The first-order valence-corrected chi connectivity index (χ1v) is 31.1. The molecule has 0 N–H and O–H groups in total. The van der Waals surface area contributed by atoms with E-state index in [1.54, 1.807) is 0 Å². The van der Waals surface area contributed by atoms with Crippen molar-refractivity contribution in [2.24, 2.45) is 0 Å². The third-order valence-corrected chi connectivity index (χ3v) is 18.3. The molecule has 16 aromatic carbocycles. The van der Waals surface area contributed by atoms with Gasteiger partial charge in [0.2, 0.25) is 0 Å². The molecule has 0 heterocycles. The fourth-order valence-electron chi connectivity index (χ4n) is 13.8. The zero-order valence-electron chi connectivity index (χ0n) is 50.9. The molecule has 0 aliphatic heterocycles. The van der Waals surface area contributed by atoms with E-state index in [0.29, 0.717) is 0 Å². The third-order valence-electron chi connectivity index (χ3n) is 18.3. The van der Waals surface area contributed by atoms with Crippen LogP contribution in [0.2, 0.25) is 0 Å². The minimum atomic E-state index is -0.00321. The molecule has 0 spiro atoms. The van der Waals surface area contributed by atoms with Crippen LogP contribution in [-0.4, -0.2) is 0 Å². The molecule has 0 radical (unpaired) electrons. The predicted molar refractivity (Wildman–Crippen MR) is 381 cm³/mol. The highest BCUT2D eigenvalue weighted by molar-refractivity contribution is 6.35. The highest BCUT2D eigenvalue weighted by atomic mass is 14.3. The smallest absolute Gasteiger partial charge is 0.00134 e. The molecular weight excluding hydrogens is 1060 g/mol. The lowest BCUT2D eigenvalue weighted by atomic mass is 9.78. The summed E-state index contributed by atoms with van der Waals surface area (Å²) in [6.07, 6.45) is 0. The van der Waals surface area contributed by atoms with Gasteiger partial charge >= 0.3 is 0 Å². The molecule has 0 fully saturated rings. The Balaban J connectivity index is 0.000000148. The molecule has 0 heteroatoms. The summed E-state index contributed by atoms with van der Waals surface area (Å²) in [6, 6.07) is 112. The average Bonchev–Trinajstić information content (AvgIpc) is 0.775. The molecule has 88 heavy (non-hydrogen) atoms. The molecule has 16 rings (SSSR count). The summed E-state index contributed by atoms with van der Waals surface area (Å²) < 4.78 is 0. The van der Waals surface area contributed by atoms with Gasteiger partial charge in [-0.2, -0.15) is 0 Å². The van der Waals surface area contributed by atoms with Crippen molar-refractivity contribution in [3.63, 3.8) is 0 Å². The van der Waals surface area contributed by atoms with E-state index < -0.39 is 0 Å². The van der Waals surface area contributed by atoms with E-state index in [9.17, 15) is 0 Å². The Morgan fingerprint density at radius 1 is 0.159 bits per heavy atom. The molecule has 0 saturated carbocycles. The SMILES string of the molecule is CC(C)(C)c1cc2c(-c3ccccc3)cc3c(-c4ccccc4)cc(-c4ccccc4)c4cc(-c5ccccc5)c(c1)c2c34.CC(C)(C)c1cc2c(-c3ccccc3)cc3c(-c4ccccc4)cc(-c4ccccc4)c4cc(-c5ccccc5)c(c1)c2c34. The summed E-state index contributed by atoms with van der Waals surface area (Å²) >= 11 is 0. The number of hydrogen-bond donors (Lipinski definition) is 0. The van der Waals surface area contributed by atoms with E-state index in [-0.39, 0.29) is 10.8 Å². The lowest BCUT2D eigenvalue weighted by Gasteiger charge is -2.26. The van der Waals surface area contributed by atoms with E-state index in [1.165, 1.54) is 165 Å². The molecule has 0 amide bonds. The van der Waals surface area contributed by atoms with E-state index in [2.05, 4.69) is 345 Å². The van der Waals surface area contributed by atoms with Crippen LogP contribution in [0.5, 0.6) is 0 Å².